The molecular formula is C13H15BrO2. The van der Waals surface area contributed by atoms with Crippen LogP contribution in [-0.2, 0) is 9.53 Å². The number of benzene rings is 1. The van der Waals surface area contributed by atoms with Gasteiger partial charge in [-0.1, -0.05) is 34.1 Å². The van der Waals surface area contributed by atoms with Crippen LogP contribution < -0.4 is 0 Å². The lowest BCUT2D eigenvalue weighted by Gasteiger charge is -2.14. The fourth-order valence-electron chi connectivity index (χ4n) is 1.47. The zero-order chi connectivity index (χ0) is 12.0. The molecule has 16 heavy (non-hydrogen) atoms. The molecule has 3 heteroatoms. The van der Waals surface area contributed by atoms with E-state index in [4.69, 9.17) is 4.74 Å². The Balaban J connectivity index is 2.88. The number of carbonyl (C=O) groups excluding carboxylic acids is 1. The largest absolute Gasteiger partial charge is 0.466 e. The highest BCUT2D eigenvalue weighted by atomic mass is 79.9. The first-order valence-electron chi connectivity index (χ1n) is 5.22. The molecule has 0 saturated carbocycles. The molecule has 1 atom stereocenters. The molecule has 0 radical (unpaired) electrons. The van der Waals surface area contributed by atoms with Crippen LogP contribution in [0.4, 0.5) is 0 Å². The van der Waals surface area contributed by atoms with Crippen LogP contribution in [0.3, 0.4) is 0 Å². The van der Waals surface area contributed by atoms with Crippen molar-refractivity contribution in [1.29, 1.82) is 0 Å². The van der Waals surface area contributed by atoms with Gasteiger partial charge in [-0.3, -0.25) is 4.79 Å². The van der Waals surface area contributed by atoms with Crippen LogP contribution in [0.25, 0.3) is 0 Å². The molecule has 2 nitrogen and oxygen atoms in total. The number of hydrogen-bond acceptors (Lipinski definition) is 2. The summed E-state index contributed by atoms with van der Waals surface area (Å²) in [6.07, 6.45) is 2.34. The molecule has 0 unspecified atom stereocenters. The lowest BCUT2D eigenvalue weighted by atomic mass is 9.96. The van der Waals surface area contributed by atoms with Crippen LogP contribution in [0.2, 0.25) is 0 Å². The molecular weight excluding hydrogens is 268 g/mol. The van der Waals surface area contributed by atoms with Crippen molar-refractivity contribution in [2.45, 2.75) is 19.3 Å². The Morgan fingerprint density at radius 3 is 2.62 bits per heavy atom. The van der Waals surface area contributed by atoms with E-state index in [0.717, 1.165) is 10.0 Å². The summed E-state index contributed by atoms with van der Waals surface area (Å²) in [7, 11) is 0. The van der Waals surface area contributed by atoms with Crippen LogP contribution in [0.5, 0.6) is 0 Å². The molecule has 0 aliphatic heterocycles. The summed E-state index contributed by atoms with van der Waals surface area (Å²) in [6.45, 7) is 5.88. The Kier molecular flexibility index (Phi) is 5.26. The smallest absolute Gasteiger partial charge is 0.313 e. The molecule has 1 aromatic rings. The molecule has 0 bridgehead atoms. The molecule has 0 spiro atoms. The van der Waals surface area contributed by atoms with E-state index in [-0.39, 0.29) is 11.9 Å². The molecule has 0 saturated heterocycles. The van der Waals surface area contributed by atoms with Crippen LogP contribution in [-0.4, -0.2) is 12.6 Å². The number of hydrogen-bond donors (Lipinski definition) is 0. The zero-order valence-electron chi connectivity index (χ0n) is 9.28. The summed E-state index contributed by atoms with van der Waals surface area (Å²) in [6, 6.07) is 7.69. The van der Waals surface area contributed by atoms with Crippen LogP contribution >= 0.6 is 15.9 Å². The fraction of sp³-hybridized carbons (Fsp3) is 0.308. The summed E-state index contributed by atoms with van der Waals surface area (Å²) >= 11 is 3.36. The van der Waals surface area contributed by atoms with E-state index >= 15 is 0 Å². The molecule has 86 valence electrons. The van der Waals surface area contributed by atoms with E-state index < -0.39 is 0 Å². The first kappa shape index (κ1) is 13.0. The zero-order valence-corrected chi connectivity index (χ0v) is 10.9. The molecule has 0 aromatic heterocycles. The van der Waals surface area contributed by atoms with Crippen molar-refractivity contribution in [1.82, 2.24) is 0 Å². The van der Waals surface area contributed by atoms with E-state index in [2.05, 4.69) is 22.5 Å². The van der Waals surface area contributed by atoms with Gasteiger partial charge in [0, 0.05) is 4.47 Å². The van der Waals surface area contributed by atoms with Gasteiger partial charge in [0.05, 0.1) is 12.5 Å². The van der Waals surface area contributed by atoms with E-state index in [9.17, 15) is 4.79 Å². The van der Waals surface area contributed by atoms with Crippen LogP contribution in [0.1, 0.15) is 24.8 Å². The molecule has 0 aliphatic carbocycles. The molecule has 0 fully saturated rings. The van der Waals surface area contributed by atoms with Crippen molar-refractivity contribution in [3.8, 4) is 0 Å². The lowest BCUT2D eigenvalue weighted by Crippen LogP contribution is -2.15. The van der Waals surface area contributed by atoms with Gasteiger partial charge >= 0.3 is 5.97 Å². The Morgan fingerprint density at radius 2 is 2.12 bits per heavy atom. The number of allylic oxidation sites excluding steroid dienone is 1. The third-order valence-corrected chi connectivity index (χ3v) is 2.77. The maximum Gasteiger partial charge on any atom is 0.313 e. The molecule has 1 rings (SSSR count). The van der Waals surface area contributed by atoms with Gasteiger partial charge in [-0.25, -0.2) is 0 Å². The second-order valence-corrected chi connectivity index (χ2v) is 4.30. The second-order valence-electron chi connectivity index (χ2n) is 3.38. The van der Waals surface area contributed by atoms with Crippen molar-refractivity contribution >= 4 is 21.9 Å². The van der Waals surface area contributed by atoms with Crippen molar-refractivity contribution in [2.24, 2.45) is 0 Å². The van der Waals surface area contributed by atoms with Gasteiger partial charge in [0.2, 0.25) is 0 Å². The third kappa shape index (κ3) is 3.49. The monoisotopic (exact) mass is 282 g/mol. The lowest BCUT2D eigenvalue weighted by molar-refractivity contribution is -0.144. The Labute approximate surface area is 104 Å². The average Bonchev–Trinajstić information content (AvgIpc) is 2.28. The van der Waals surface area contributed by atoms with Gasteiger partial charge in [-0.2, -0.15) is 0 Å². The number of esters is 1. The topological polar surface area (TPSA) is 26.3 Å². The predicted octanol–water partition coefficient (Wildman–Crippen LogP) is 3.67. The summed E-state index contributed by atoms with van der Waals surface area (Å²) in [5, 5.41) is 0. The maximum atomic E-state index is 11.7. The highest BCUT2D eigenvalue weighted by Gasteiger charge is 2.20. The van der Waals surface area contributed by atoms with Crippen LogP contribution in [0, 0.1) is 0 Å². The van der Waals surface area contributed by atoms with Gasteiger partial charge in [0.1, 0.15) is 0 Å². The fourth-order valence-corrected chi connectivity index (χ4v) is 1.74. The minimum Gasteiger partial charge on any atom is -0.466 e. The highest BCUT2D eigenvalue weighted by molar-refractivity contribution is 9.10. The van der Waals surface area contributed by atoms with Crippen molar-refractivity contribution in [3.63, 3.8) is 0 Å². The second kappa shape index (κ2) is 6.48. The standard InChI is InChI=1S/C13H15BrO2/c1-3-5-12(13(15)16-4-2)10-6-8-11(14)9-7-10/h3,6-9,12H,1,4-5H2,2H3/t12-/m0/s1. The summed E-state index contributed by atoms with van der Waals surface area (Å²) < 4.78 is 6.04. The van der Waals surface area contributed by atoms with Crippen molar-refractivity contribution in [3.05, 3.63) is 47.0 Å². The van der Waals surface area contributed by atoms with E-state index in [0.29, 0.717) is 13.0 Å². The minimum atomic E-state index is -0.245. The van der Waals surface area contributed by atoms with E-state index in [1.807, 2.05) is 31.2 Å². The Bertz CT molecular complexity index is 357. The van der Waals surface area contributed by atoms with E-state index in [1.54, 1.807) is 6.08 Å². The molecule has 0 amide bonds. The first-order chi connectivity index (χ1) is 7.69. The quantitative estimate of drug-likeness (QED) is 0.608. The molecule has 1 aromatic carbocycles. The molecule has 0 N–H and O–H groups in total. The SMILES string of the molecule is C=CC[C@H](C(=O)OCC)c1ccc(Br)cc1. The third-order valence-electron chi connectivity index (χ3n) is 2.25. The number of carbonyl (C=O) groups is 1. The van der Waals surface area contributed by atoms with Gasteiger partial charge < -0.3 is 4.74 Å². The highest BCUT2D eigenvalue weighted by Crippen LogP contribution is 2.23. The van der Waals surface area contributed by atoms with Crippen molar-refractivity contribution < 1.29 is 9.53 Å². The number of ether oxygens (including phenoxy) is 1. The summed E-state index contributed by atoms with van der Waals surface area (Å²) in [5.74, 6) is -0.435. The van der Waals surface area contributed by atoms with Crippen molar-refractivity contribution in [2.75, 3.05) is 6.61 Å². The number of rotatable bonds is 5. The van der Waals surface area contributed by atoms with E-state index in [1.165, 1.54) is 0 Å². The molecule has 0 aliphatic rings. The summed E-state index contributed by atoms with van der Waals surface area (Å²) in [5.41, 5.74) is 0.960. The molecule has 0 heterocycles. The van der Waals surface area contributed by atoms with Crippen LogP contribution in [0.15, 0.2) is 41.4 Å². The normalized spacial score (nSPS) is 11.9. The van der Waals surface area contributed by atoms with Gasteiger partial charge in [0.15, 0.2) is 0 Å². The van der Waals surface area contributed by atoms with Gasteiger partial charge in [-0.05, 0) is 31.0 Å². The average molecular weight is 283 g/mol. The van der Waals surface area contributed by atoms with Gasteiger partial charge in [-0.15, -0.1) is 6.58 Å². The first-order valence-corrected chi connectivity index (χ1v) is 6.01. The minimum absolute atomic E-state index is 0.190. The predicted molar refractivity (Wildman–Crippen MR) is 68.3 cm³/mol. The maximum absolute atomic E-state index is 11.7. The Morgan fingerprint density at radius 1 is 1.50 bits per heavy atom. The van der Waals surface area contributed by atoms with Gasteiger partial charge in [0.25, 0.3) is 0 Å². The Hall–Kier alpha value is -1.09. The summed E-state index contributed by atoms with van der Waals surface area (Å²) in [4.78, 5) is 11.7. The number of halogens is 1.